The van der Waals surface area contributed by atoms with E-state index in [0.717, 1.165) is 11.8 Å². The van der Waals surface area contributed by atoms with Crippen molar-refractivity contribution in [1.82, 2.24) is 0 Å². The van der Waals surface area contributed by atoms with Crippen LogP contribution in [-0.2, 0) is 16.7 Å². The molecule has 0 aromatic heterocycles. The van der Waals surface area contributed by atoms with Gasteiger partial charge in [-0.25, -0.2) is 0 Å². The first-order chi connectivity index (χ1) is 18.1. The van der Waals surface area contributed by atoms with E-state index in [1.165, 1.54) is 19.2 Å². The molecule has 0 saturated heterocycles. The molecular formula is C29H27NO7S. The van der Waals surface area contributed by atoms with E-state index in [1.807, 2.05) is 43.3 Å². The zero-order valence-electron chi connectivity index (χ0n) is 21.4. The molecular weight excluding hydrogens is 506 g/mol. The lowest BCUT2D eigenvalue weighted by Crippen LogP contribution is -2.05. The number of aryl methyl sites for hydroxylation is 1. The van der Waals surface area contributed by atoms with Crippen LogP contribution in [0, 0.1) is 24.0 Å². The van der Waals surface area contributed by atoms with Gasteiger partial charge in [-0.05, 0) is 65.9 Å². The van der Waals surface area contributed by atoms with E-state index in [9.17, 15) is 18.5 Å². The number of benzene rings is 4. The first-order valence-corrected chi connectivity index (χ1v) is 13.5. The van der Waals surface area contributed by atoms with Crippen molar-refractivity contribution >= 4 is 15.8 Å². The molecule has 0 spiro atoms. The normalized spacial score (nSPS) is 11.2. The van der Waals surface area contributed by atoms with Crippen molar-refractivity contribution in [2.24, 2.45) is 0 Å². The molecule has 196 valence electrons. The summed E-state index contributed by atoms with van der Waals surface area (Å²) in [6, 6.07) is 23.3. The summed E-state index contributed by atoms with van der Waals surface area (Å²) in [5.74, 6) is 1.17. The number of hydrogen-bond donors (Lipinski definition) is 0. The Balaban J connectivity index is 1.73. The Bertz CT molecular complexity index is 1580. The topological polar surface area (TPSA) is 105 Å². The zero-order valence-corrected chi connectivity index (χ0v) is 22.2. The van der Waals surface area contributed by atoms with Gasteiger partial charge in [-0.15, -0.1) is 0 Å². The molecule has 0 N–H and O–H groups in total. The van der Waals surface area contributed by atoms with Crippen LogP contribution >= 0.6 is 0 Å². The maximum atomic E-state index is 12.3. The van der Waals surface area contributed by atoms with Crippen LogP contribution in [0.2, 0.25) is 0 Å². The number of nitro groups is 1. The van der Waals surface area contributed by atoms with Crippen molar-refractivity contribution in [2.45, 2.75) is 20.5 Å². The molecule has 0 amide bonds. The average Bonchev–Trinajstić information content (AvgIpc) is 2.88. The fourth-order valence-corrected chi connectivity index (χ4v) is 4.79. The molecule has 0 unspecified atom stereocenters. The van der Waals surface area contributed by atoms with Gasteiger partial charge in [0.25, 0.3) is 5.69 Å². The summed E-state index contributed by atoms with van der Waals surface area (Å²) < 4.78 is 39.2. The number of hydrogen-bond acceptors (Lipinski definition) is 7. The molecule has 0 fully saturated rings. The molecule has 4 aromatic rings. The van der Waals surface area contributed by atoms with Crippen molar-refractivity contribution in [2.75, 3.05) is 13.4 Å². The van der Waals surface area contributed by atoms with E-state index in [2.05, 4.69) is 0 Å². The monoisotopic (exact) mass is 533 g/mol. The first kappa shape index (κ1) is 26.7. The minimum atomic E-state index is -3.66. The van der Waals surface area contributed by atoms with Crippen molar-refractivity contribution < 1.29 is 27.0 Å². The highest BCUT2D eigenvalue weighted by atomic mass is 32.2. The summed E-state index contributed by atoms with van der Waals surface area (Å²) in [5.41, 5.74) is 4.65. The summed E-state index contributed by atoms with van der Waals surface area (Å²) in [6.45, 7) is 3.88. The highest BCUT2D eigenvalue weighted by Crippen LogP contribution is 2.43. The van der Waals surface area contributed by atoms with E-state index in [0.29, 0.717) is 51.5 Å². The smallest absolute Gasteiger partial charge is 0.306 e. The number of methoxy groups -OCH3 is 1. The molecule has 0 heterocycles. The average molecular weight is 534 g/mol. The minimum Gasteiger partial charge on any atom is -0.493 e. The van der Waals surface area contributed by atoms with E-state index in [1.54, 1.807) is 37.3 Å². The van der Waals surface area contributed by atoms with E-state index in [-0.39, 0.29) is 16.4 Å². The van der Waals surface area contributed by atoms with Crippen molar-refractivity contribution in [3.05, 3.63) is 106 Å². The Hall–Kier alpha value is -4.37. The highest BCUT2D eigenvalue weighted by Gasteiger charge is 2.25. The quantitative estimate of drug-likeness (QED) is 0.138. The largest absolute Gasteiger partial charge is 0.493 e. The number of ether oxygens (including phenoxy) is 2. The summed E-state index contributed by atoms with van der Waals surface area (Å²) in [6.07, 6.45) is 0.966. The Morgan fingerprint density at radius 3 is 2.13 bits per heavy atom. The van der Waals surface area contributed by atoms with Crippen LogP contribution in [0.1, 0.15) is 16.7 Å². The molecule has 4 aromatic carbocycles. The Morgan fingerprint density at radius 1 is 0.868 bits per heavy atom. The van der Waals surface area contributed by atoms with Crippen molar-refractivity contribution in [3.8, 4) is 39.5 Å². The summed E-state index contributed by atoms with van der Waals surface area (Å²) in [4.78, 5) is 11.9. The molecule has 0 radical (unpaired) electrons. The fraction of sp³-hybridized carbons (Fsp3) is 0.172. The van der Waals surface area contributed by atoms with Crippen molar-refractivity contribution in [1.29, 1.82) is 0 Å². The third-order valence-electron chi connectivity index (χ3n) is 6.04. The standard InChI is InChI=1S/C29H27NO7S/c1-19-16-25(22-10-13-24(14-11-22)37-38(4,33)34)20(2)29(30(31)32)28(19)23-12-15-26(27(17-23)35-3)36-18-21-8-6-5-7-9-21/h5-17H,18H2,1-4H3. The van der Waals surface area contributed by atoms with Crippen LogP contribution in [0.15, 0.2) is 78.9 Å². The third kappa shape index (κ3) is 5.95. The lowest BCUT2D eigenvalue weighted by molar-refractivity contribution is -0.384. The van der Waals surface area contributed by atoms with Gasteiger partial charge in [0.2, 0.25) is 0 Å². The first-order valence-electron chi connectivity index (χ1n) is 11.7. The lowest BCUT2D eigenvalue weighted by atomic mass is 9.89. The van der Waals surface area contributed by atoms with Gasteiger partial charge in [-0.2, -0.15) is 8.42 Å². The molecule has 0 aliphatic carbocycles. The molecule has 9 heteroatoms. The SMILES string of the molecule is COc1cc(-c2c(C)cc(-c3ccc(OS(C)(=O)=O)cc3)c(C)c2[N+](=O)[O-])ccc1OCc1ccccc1. The van der Waals surface area contributed by atoms with E-state index in [4.69, 9.17) is 13.7 Å². The van der Waals surface area contributed by atoms with Crippen molar-refractivity contribution in [3.63, 3.8) is 0 Å². The summed E-state index contributed by atoms with van der Waals surface area (Å²) in [5, 5.41) is 12.3. The number of rotatable bonds is 9. The van der Waals surface area contributed by atoms with Gasteiger partial charge < -0.3 is 13.7 Å². The molecule has 0 atom stereocenters. The molecule has 0 saturated carbocycles. The van der Waals surface area contributed by atoms with Gasteiger partial charge >= 0.3 is 10.1 Å². The summed E-state index contributed by atoms with van der Waals surface area (Å²) >= 11 is 0. The minimum absolute atomic E-state index is 0.0172. The molecule has 0 aliphatic rings. The Labute approximate surface area is 221 Å². The van der Waals surface area contributed by atoms with Gasteiger partial charge in [0.1, 0.15) is 12.4 Å². The second-order valence-electron chi connectivity index (χ2n) is 8.80. The highest BCUT2D eigenvalue weighted by molar-refractivity contribution is 7.86. The van der Waals surface area contributed by atoms with Gasteiger partial charge in [0, 0.05) is 5.56 Å². The second-order valence-corrected chi connectivity index (χ2v) is 10.4. The van der Waals surface area contributed by atoms with Crippen LogP contribution in [-0.4, -0.2) is 26.7 Å². The maximum Gasteiger partial charge on any atom is 0.306 e. The van der Waals surface area contributed by atoms with E-state index < -0.39 is 10.1 Å². The van der Waals surface area contributed by atoms with Crippen LogP contribution in [0.5, 0.6) is 17.2 Å². The molecule has 8 nitrogen and oxygen atoms in total. The van der Waals surface area contributed by atoms with Crippen LogP contribution in [0.25, 0.3) is 22.3 Å². The van der Waals surface area contributed by atoms with E-state index >= 15 is 0 Å². The third-order valence-corrected chi connectivity index (χ3v) is 6.53. The van der Waals surface area contributed by atoms with Gasteiger partial charge in [-0.3, -0.25) is 10.1 Å². The molecule has 4 rings (SSSR count). The van der Waals surface area contributed by atoms with Crippen LogP contribution in [0.3, 0.4) is 0 Å². The predicted octanol–water partition coefficient (Wildman–Crippen LogP) is 6.47. The van der Waals surface area contributed by atoms with Gasteiger partial charge in [-0.1, -0.05) is 54.6 Å². The number of nitro benzene ring substituents is 1. The Morgan fingerprint density at radius 2 is 1.53 bits per heavy atom. The van der Waals surface area contributed by atoms with Crippen LogP contribution < -0.4 is 13.7 Å². The lowest BCUT2D eigenvalue weighted by Gasteiger charge is -2.16. The van der Waals surface area contributed by atoms with Gasteiger partial charge in [0.05, 0.1) is 23.9 Å². The summed E-state index contributed by atoms with van der Waals surface area (Å²) in [7, 11) is -2.13. The second kappa shape index (κ2) is 10.9. The number of nitrogens with zero attached hydrogens (tertiary/aromatic N) is 1. The fourth-order valence-electron chi connectivity index (χ4n) is 4.33. The molecule has 0 bridgehead atoms. The Kier molecular flexibility index (Phi) is 7.68. The maximum absolute atomic E-state index is 12.3. The van der Waals surface area contributed by atoms with Crippen LogP contribution in [0.4, 0.5) is 5.69 Å². The molecule has 38 heavy (non-hydrogen) atoms. The van der Waals surface area contributed by atoms with Gasteiger partial charge in [0.15, 0.2) is 11.5 Å². The predicted molar refractivity (Wildman–Crippen MR) is 146 cm³/mol. The zero-order chi connectivity index (χ0) is 27.4. The molecule has 0 aliphatic heterocycles.